The van der Waals surface area contributed by atoms with Crippen molar-refractivity contribution in [2.45, 2.75) is 249 Å². The molecule has 0 bridgehead atoms. The minimum absolute atomic E-state index is 0.0734. The highest BCUT2D eigenvalue weighted by Crippen LogP contribution is 2.56. The summed E-state index contributed by atoms with van der Waals surface area (Å²) in [6.45, 7) is 17.5. The Kier molecular flexibility index (Phi) is 25.6. The molecule has 3 aliphatic heterocycles. The first kappa shape index (κ1) is 68.7. The molecular formula is C67H106N2O13P+. The Morgan fingerprint density at radius 3 is 1.75 bits per heavy atom. The van der Waals surface area contributed by atoms with E-state index in [0.717, 1.165) is 51.1 Å². The van der Waals surface area contributed by atoms with Gasteiger partial charge in [0.15, 0.2) is 12.6 Å². The van der Waals surface area contributed by atoms with Crippen LogP contribution in [0.5, 0.6) is 0 Å². The number of likely N-dealkylation sites (N-methyl/N-ethyl adjacent to an activating group) is 1. The van der Waals surface area contributed by atoms with Crippen LogP contribution < -0.4 is 15.9 Å². The van der Waals surface area contributed by atoms with E-state index < -0.39 is 109 Å². The molecule has 0 aromatic heterocycles. The van der Waals surface area contributed by atoms with Gasteiger partial charge in [-0.1, -0.05) is 114 Å². The molecule has 3 aromatic rings. The predicted molar refractivity (Wildman–Crippen MR) is 329 cm³/mol. The molecular weight excluding hydrogens is 1070 g/mol. The summed E-state index contributed by atoms with van der Waals surface area (Å²) >= 11 is 0. The Morgan fingerprint density at radius 1 is 0.723 bits per heavy atom. The van der Waals surface area contributed by atoms with Gasteiger partial charge in [-0.2, -0.15) is 0 Å². The third-order valence-corrected chi connectivity index (χ3v) is 23.2. The highest BCUT2D eigenvalue weighted by Gasteiger charge is 2.53. The van der Waals surface area contributed by atoms with Gasteiger partial charge in [-0.3, -0.25) is 9.59 Å². The molecule has 18 atom stereocenters. The molecule has 5 N–H and O–H groups in total. The zero-order valence-electron chi connectivity index (χ0n) is 52.5. The second-order valence-corrected chi connectivity index (χ2v) is 29.4. The number of rotatable bonds is 22. The largest absolute Gasteiger partial charge is 0.459 e. The molecule has 83 heavy (non-hydrogen) atoms. The summed E-state index contributed by atoms with van der Waals surface area (Å²) in [7, 11) is 3.42. The lowest BCUT2D eigenvalue weighted by Crippen LogP contribution is -2.60. The van der Waals surface area contributed by atoms with Gasteiger partial charge in [0.2, 0.25) is 5.91 Å². The minimum atomic E-state index is -2.01. The quantitative estimate of drug-likeness (QED) is 0.0364. The Labute approximate surface area is 498 Å². The molecule has 0 radical (unpaired) electrons. The molecule has 16 heteroatoms. The van der Waals surface area contributed by atoms with Crippen molar-refractivity contribution in [2.75, 3.05) is 33.9 Å². The first-order valence-electron chi connectivity index (χ1n) is 31.2. The number of carbonyl (C=O) groups is 2. The Hall–Kier alpha value is -3.41. The number of methoxy groups -OCH3 is 1. The maximum absolute atomic E-state index is 14.7. The topological polar surface area (TPSA) is 197 Å². The monoisotopic (exact) mass is 1180 g/mol. The van der Waals surface area contributed by atoms with Crippen LogP contribution in [0.3, 0.4) is 0 Å². The van der Waals surface area contributed by atoms with Crippen molar-refractivity contribution in [2.24, 2.45) is 17.8 Å². The fraction of sp³-hybridized carbons (Fsp3) is 0.701. The van der Waals surface area contributed by atoms with Crippen LogP contribution in [0.1, 0.15) is 159 Å². The van der Waals surface area contributed by atoms with Crippen molar-refractivity contribution in [1.82, 2.24) is 9.80 Å². The second-order valence-electron chi connectivity index (χ2n) is 25.7. The van der Waals surface area contributed by atoms with Crippen molar-refractivity contribution in [3.05, 3.63) is 91.0 Å². The number of esters is 1. The lowest BCUT2D eigenvalue weighted by molar-refractivity contribution is -0.318. The van der Waals surface area contributed by atoms with Gasteiger partial charge in [0.1, 0.15) is 53.2 Å². The van der Waals surface area contributed by atoms with E-state index in [2.05, 4.69) is 91.0 Å². The number of aliphatic hydroxyl groups is 5. The molecule has 6 rings (SSSR count). The third-order valence-electron chi connectivity index (χ3n) is 18.7. The van der Waals surface area contributed by atoms with Gasteiger partial charge in [0.25, 0.3) is 0 Å². The summed E-state index contributed by atoms with van der Waals surface area (Å²) in [6.07, 6.45) is 1.18. The zero-order chi connectivity index (χ0) is 60.9. The summed E-state index contributed by atoms with van der Waals surface area (Å²) in [5.74, 6) is -3.27. The van der Waals surface area contributed by atoms with E-state index in [0.29, 0.717) is 12.8 Å². The molecule has 0 spiro atoms. The Morgan fingerprint density at radius 2 is 1.24 bits per heavy atom. The Balaban J connectivity index is 1.15. The summed E-state index contributed by atoms with van der Waals surface area (Å²) in [6, 6.07) is 32.0. The van der Waals surface area contributed by atoms with Crippen molar-refractivity contribution in [1.29, 1.82) is 0 Å². The van der Waals surface area contributed by atoms with Crippen molar-refractivity contribution in [3.63, 3.8) is 0 Å². The average Bonchev–Trinajstić information content (AvgIpc) is 2.71. The van der Waals surface area contributed by atoms with Crippen LogP contribution in [0, 0.1) is 17.8 Å². The molecule has 0 aliphatic carbocycles. The van der Waals surface area contributed by atoms with E-state index in [9.17, 15) is 35.1 Å². The number of cyclic esters (lactones) is 1. The van der Waals surface area contributed by atoms with Gasteiger partial charge in [0.05, 0.1) is 53.7 Å². The molecule has 3 fully saturated rings. The number of hydrogen-bond acceptors (Lipinski definition) is 14. The normalized spacial score (nSPS) is 35.3. The zero-order valence-corrected chi connectivity index (χ0v) is 53.4. The van der Waals surface area contributed by atoms with Crippen molar-refractivity contribution < 1.29 is 63.5 Å². The SMILES string of the molecule is CC[C@H]1OC(=O)[C@H](C)[C@@H](O[C@H]2C[C@@](C)(OC)[C@@H](O)[C@H](C)O2)[C@H](C)[C@@H](O[C@@H]2O[C@H](C)C[C@H](N(C)C)[C@H]2O)[C@](C)(O)C[C@@H](C)CN(C(=O)CCCCCCCCCCC[P+](c2ccccc2)(c2ccccc2)c2ccccc2)[C@H](C)[C@@H](O)[C@]1(C)O. The molecule has 3 saturated heterocycles. The lowest BCUT2D eigenvalue weighted by Gasteiger charge is -2.48. The number of nitrogens with zero attached hydrogens (tertiary/aromatic N) is 2. The second kappa shape index (κ2) is 31.0. The highest BCUT2D eigenvalue weighted by atomic mass is 31.2. The summed E-state index contributed by atoms with van der Waals surface area (Å²) < 4.78 is 38.3. The number of carbonyl (C=O) groups excluding carboxylic acids is 2. The maximum atomic E-state index is 14.7. The predicted octanol–water partition coefficient (Wildman–Crippen LogP) is 8.69. The molecule has 1 amide bonds. The van der Waals surface area contributed by atoms with Gasteiger partial charge in [-0.15, -0.1) is 0 Å². The summed E-state index contributed by atoms with van der Waals surface area (Å²) in [5, 5.41) is 64.8. The number of hydrogen-bond donors (Lipinski definition) is 5. The van der Waals surface area contributed by atoms with E-state index in [1.807, 2.05) is 32.8 Å². The molecule has 15 nitrogen and oxygen atoms in total. The van der Waals surface area contributed by atoms with Crippen LogP contribution in [0.25, 0.3) is 0 Å². The fourth-order valence-corrected chi connectivity index (χ4v) is 18.1. The molecule has 0 saturated carbocycles. The molecule has 3 aliphatic rings. The highest BCUT2D eigenvalue weighted by molar-refractivity contribution is 7.95. The number of unbranched alkanes of at least 4 members (excludes halogenated alkanes) is 8. The van der Waals surface area contributed by atoms with Gasteiger partial charge < -0.3 is 63.8 Å². The van der Waals surface area contributed by atoms with Crippen molar-refractivity contribution >= 4 is 35.1 Å². The number of benzene rings is 3. The first-order valence-corrected chi connectivity index (χ1v) is 33.2. The third kappa shape index (κ3) is 17.0. The van der Waals surface area contributed by atoms with Gasteiger partial charge in [-0.05, 0) is 143 Å². The molecule has 0 unspecified atom stereocenters. The Bertz CT molecular complexity index is 2310. The molecule has 3 aromatic carbocycles. The van der Waals surface area contributed by atoms with Crippen molar-refractivity contribution in [3.8, 4) is 0 Å². The van der Waals surface area contributed by atoms with E-state index in [-0.39, 0.29) is 50.3 Å². The molecule has 3 heterocycles. The van der Waals surface area contributed by atoms with Gasteiger partial charge in [-0.25, -0.2) is 0 Å². The minimum Gasteiger partial charge on any atom is -0.459 e. The van der Waals surface area contributed by atoms with Gasteiger partial charge in [0, 0.05) is 38.5 Å². The summed E-state index contributed by atoms with van der Waals surface area (Å²) in [4.78, 5) is 32.9. The van der Waals surface area contributed by atoms with Crippen LogP contribution in [-0.4, -0.2) is 171 Å². The van der Waals surface area contributed by atoms with Crippen LogP contribution in [0.15, 0.2) is 91.0 Å². The number of ether oxygens (including phenoxy) is 6. The lowest BCUT2D eigenvalue weighted by atomic mass is 9.77. The van der Waals surface area contributed by atoms with E-state index >= 15 is 0 Å². The smallest absolute Gasteiger partial charge is 0.311 e. The summed E-state index contributed by atoms with van der Waals surface area (Å²) in [5.41, 5.74) is -4.79. The first-order chi connectivity index (χ1) is 39.3. The van der Waals surface area contributed by atoms with E-state index in [1.165, 1.54) is 36.4 Å². The van der Waals surface area contributed by atoms with Crippen LogP contribution in [0.2, 0.25) is 0 Å². The average molecular weight is 1180 g/mol. The van der Waals surface area contributed by atoms with Crippen LogP contribution in [-0.2, 0) is 38.0 Å². The number of aliphatic hydroxyl groups excluding tert-OH is 3. The maximum Gasteiger partial charge on any atom is 0.311 e. The van der Waals surface area contributed by atoms with Crippen LogP contribution >= 0.6 is 7.26 Å². The number of amides is 1. The standard InChI is InChI=1S/C67H106N2O13P/c1-14-55-67(10,76)60(72)49(6)69(56(70)39-31-20-18-16-15-17-19-21-32-40-83(51-33-25-22-26-34-51,52-35-27-23-28-36-52)53-37-29-24-30-38-53)44-45(2)42-65(8,75)62(82-64-58(71)54(68(11)12)41-46(3)78-64)47(4)59(48(5)63(74)80-55)81-57-43-66(9,77-13)61(73)50(7)79-57/h22-30,33-38,45-50,54-55,57-62,64,71-73,75-76H,14-21,31-32,39-44H2,1-13H3/q+1/t45-,46-,47+,48-,49-,50+,54+,55-,57+,58-,59+,60-,61+,62-,64+,65-,66-,67-/m1/s1. The molecule has 466 valence electrons. The van der Waals surface area contributed by atoms with E-state index in [4.69, 9.17) is 28.4 Å². The van der Waals surface area contributed by atoms with E-state index in [1.54, 1.807) is 53.4 Å². The fourth-order valence-electron chi connectivity index (χ4n) is 13.7. The van der Waals surface area contributed by atoms with Gasteiger partial charge >= 0.3 is 5.97 Å². The van der Waals surface area contributed by atoms with Crippen LogP contribution in [0.4, 0.5) is 0 Å².